The average Bonchev–Trinajstić information content (AvgIpc) is 3.12. The van der Waals surface area contributed by atoms with Crippen molar-refractivity contribution in [1.29, 1.82) is 0 Å². The minimum Gasteiger partial charge on any atom is -0.368 e. The molecule has 5 rings (SSSR count). The third kappa shape index (κ3) is 3.18. The zero-order valence-corrected chi connectivity index (χ0v) is 17.5. The number of nitrogens with zero attached hydrogens (tertiary/aromatic N) is 5. The van der Waals surface area contributed by atoms with Gasteiger partial charge in [0, 0.05) is 31.9 Å². The van der Waals surface area contributed by atoms with Gasteiger partial charge in [0.05, 0.1) is 23.5 Å². The van der Waals surface area contributed by atoms with Crippen LogP contribution in [0.15, 0.2) is 42.7 Å². The molecule has 8 heteroatoms. The number of rotatable bonds is 2. The van der Waals surface area contributed by atoms with Crippen LogP contribution >= 0.6 is 11.6 Å². The van der Waals surface area contributed by atoms with Crippen LogP contribution < -0.4 is 0 Å². The van der Waals surface area contributed by atoms with Crippen molar-refractivity contribution in [2.75, 3.05) is 19.7 Å². The Bertz CT molecular complexity index is 1070. The number of piperidine rings is 1. The number of likely N-dealkylation sites (tertiary alicyclic amines) is 1. The summed E-state index contributed by atoms with van der Waals surface area (Å²) in [4.78, 5) is 24.3. The molecule has 2 aliphatic rings. The van der Waals surface area contributed by atoms with Gasteiger partial charge in [-0.05, 0) is 24.8 Å². The number of ether oxygens (including phenoxy) is 1. The number of aromatic nitrogens is 4. The molecule has 1 amide bonds. The molecule has 2 aromatic heterocycles. The summed E-state index contributed by atoms with van der Waals surface area (Å²) < 4.78 is 7.85. The normalized spacial score (nSPS) is 17.7. The van der Waals surface area contributed by atoms with Crippen LogP contribution in [-0.4, -0.2) is 50.3 Å². The number of carbonyl (C=O) groups is 1. The van der Waals surface area contributed by atoms with E-state index in [9.17, 15) is 4.79 Å². The zero-order valence-electron chi connectivity index (χ0n) is 16.7. The second-order valence-corrected chi connectivity index (χ2v) is 8.19. The average molecular weight is 424 g/mol. The smallest absolute Gasteiger partial charge is 0.273 e. The fourth-order valence-electron chi connectivity index (χ4n) is 4.39. The predicted octanol–water partition coefficient (Wildman–Crippen LogP) is 3.23. The van der Waals surface area contributed by atoms with Gasteiger partial charge in [-0.2, -0.15) is 5.10 Å². The Balaban J connectivity index is 1.42. The van der Waals surface area contributed by atoms with Crippen LogP contribution in [0.4, 0.5) is 0 Å². The van der Waals surface area contributed by atoms with E-state index in [1.54, 1.807) is 7.05 Å². The molecule has 154 valence electrons. The van der Waals surface area contributed by atoms with Gasteiger partial charge in [-0.1, -0.05) is 41.9 Å². The van der Waals surface area contributed by atoms with E-state index < -0.39 is 5.60 Å². The predicted molar refractivity (Wildman–Crippen MR) is 112 cm³/mol. The highest BCUT2D eigenvalue weighted by Crippen LogP contribution is 2.41. The minimum atomic E-state index is -0.479. The Morgan fingerprint density at radius 1 is 1.17 bits per heavy atom. The van der Waals surface area contributed by atoms with Crippen molar-refractivity contribution in [2.24, 2.45) is 7.05 Å². The van der Waals surface area contributed by atoms with Crippen molar-refractivity contribution in [3.63, 3.8) is 0 Å². The van der Waals surface area contributed by atoms with E-state index in [2.05, 4.69) is 10.1 Å². The molecule has 7 nitrogen and oxygen atoms in total. The van der Waals surface area contributed by atoms with Crippen LogP contribution in [0.2, 0.25) is 5.02 Å². The summed E-state index contributed by atoms with van der Waals surface area (Å²) in [6.45, 7) is 1.79. The van der Waals surface area contributed by atoms with Crippen molar-refractivity contribution < 1.29 is 9.53 Å². The Hall–Kier alpha value is -2.77. The van der Waals surface area contributed by atoms with Crippen molar-refractivity contribution in [1.82, 2.24) is 24.6 Å². The van der Waals surface area contributed by atoms with Gasteiger partial charge in [0.25, 0.3) is 5.91 Å². The highest BCUT2D eigenvalue weighted by molar-refractivity contribution is 6.33. The van der Waals surface area contributed by atoms with Gasteiger partial charge in [0.2, 0.25) is 0 Å². The van der Waals surface area contributed by atoms with Gasteiger partial charge in [-0.15, -0.1) is 0 Å². The summed E-state index contributed by atoms with van der Waals surface area (Å²) in [5.41, 5.74) is 3.03. The first kappa shape index (κ1) is 19.2. The lowest BCUT2D eigenvalue weighted by atomic mass is 9.83. The molecule has 0 radical (unpaired) electrons. The van der Waals surface area contributed by atoms with Crippen molar-refractivity contribution in [3.8, 4) is 11.4 Å². The van der Waals surface area contributed by atoms with Gasteiger partial charge in [-0.25, -0.2) is 9.97 Å². The number of halogens is 1. The Kier molecular flexibility index (Phi) is 4.79. The van der Waals surface area contributed by atoms with E-state index in [4.69, 9.17) is 21.3 Å². The number of fused-ring (bicyclic) bond motifs is 2. The number of hydrogen-bond donors (Lipinski definition) is 0. The summed E-state index contributed by atoms with van der Waals surface area (Å²) in [6, 6.07) is 9.97. The van der Waals surface area contributed by atoms with Crippen LogP contribution in [0, 0.1) is 0 Å². The second kappa shape index (κ2) is 7.49. The summed E-state index contributed by atoms with van der Waals surface area (Å²) in [6.07, 6.45) is 5.61. The van der Waals surface area contributed by atoms with E-state index in [0.29, 0.717) is 49.1 Å². The quantitative estimate of drug-likeness (QED) is 0.632. The van der Waals surface area contributed by atoms with E-state index in [0.717, 1.165) is 23.2 Å². The summed E-state index contributed by atoms with van der Waals surface area (Å²) in [5, 5.41) is 4.46. The second-order valence-electron chi connectivity index (χ2n) is 7.78. The van der Waals surface area contributed by atoms with Gasteiger partial charge < -0.3 is 9.64 Å². The molecule has 30 heavy (non-hydrogen) atoms. The van der Waals surface area contributed by atoms with Gasteiger partial charge in [0.15, 0.2) is 5.82 Å². The van der Waals surface area contributed by atoms with Crippen LogP contribution in [0.25, 0.3) is 11.4 Å². The first-order chi connectivity index (χ1) is 14.6. The first-order valence-corrected chi connectivity index (χ1v) is 10.5. The van der Waals surface area contributed by atoms with E-state index in [1.165, 1.54) is 10.9 Å². The number of aryl methyl sites for hydroxylation is 1. The topological polar surface area (TPSA) is 73.1 Å². The molecule has 0 unspecified atom stereocenters. The number of hydrogen-bond acceptors (Lipinski definition) is 5. The Labute approximate surface area is 179 Å². The van der Waals surface area contributed by atoms with Crippen molar-refractivity contribution in [3.05, 3.63) is 64.7 Å². The third-order valence-electron chi connectivity index (χ3n) is 6.03. The summed E-state index contributed by atoms with van der Waals surface area (Å²) in [7, 11) is 1.73. The molecule has 0 N–H and O–H groups in total. The van der Waals surface area contributed by atoms with Gasteiger partial charge in [-0.3, -0.25) is 9.48 Å². The SMILES string of the molecule is Cn1ncc(Cl)c1C(=O)N1CCC2(CC1)OCCc1cnc(-c3ccccc3)nc12. The minimum absolute atomic E-state index is 0.0986. The Morgan fingerprint density at radius 3 is 2.63 bits per heavy atom. The highest BCUT2D eigenvalue weighted by atomic mass is 35.5. The maximum absolute atomic E-state index is 13.0. The maximum Gasteiger partial charge on any atom is 0.273 e. The molecule has 3 aromatic rings. The Morgan fingerprint density at radius 2 is 1.93 bits per heavy atom. The van der Waals surface area contributed by atoms with Crippen LogP contribution in [-0.2, 0) is 23.8 Å². The lowest BCUT2D eigenvalue weighted by molar-refractivity contribution is -0.0967. The van der Waals surface area contributed by atoms with Gasteiger partial charge >= 0.3 is 0 Å². The van der Waals surface area contributed by atoms with E-state index >= 15 is 0 Å². The molecule has 0 bridgehead atoms. The fraction of sp³-hybridized carbons (Fsp3) is 0.364. The lowest BCUT2D eigenvalue weighted by Crippen LogP contribution is -2.49. The summed E-state index contributed by atoms with van der Waals surface area (Å²) >= 11 is 6.17. The number of benzene rings is 1. The molecular formula is C22H22ClN5O2. The van der Waals surface area contributed by atoms with E-state index in [-0.39, 0.29) is 5.91 Å². The third-order valence-corrected chi connectivity index (χ3v) is 6.31. The monoisotopic (exact) mass is 423 g/mol. The molecule has 1 saturated heterocycles. The van der Waals surface area contributed by atoms with Crippen LogP contribution in [0.3, 0.4) is 0 Å². The fourth-order valence-corrected chi connectivity index (χ4v) is 4.64. The van der Waals surface area contributed by atoms with Gasteiger partial charge in [0.1, 0.15) is 11.3 Å². The molecule has 0 atom stereocenters. The van der Waals surface area contributed by atoms with Crippen molar-refractivity contribution >= 4 is 17.5 Å². The molecular weight excluding hydrogens is 402 g/mol. The van der Waals surface area contributed by atoms with Crippen LogP contribution in [0.1, 0.15) is 34.6 Å². The van der Waals surface area contributed by atoms with Crippen molar-refractivity contribution in [2.45, 2.75) is 24.9 Å². The molecule has 4 heterocycles. The molecule has 1 spiro atoms. The lowest BCUT2D eigenvalue weighted by Gasteiger charge is -2.44. The molecule has 0 aliphatic carbocycles. The largest absolute Gasteiger partial charge is 0.368 e. The standard InChI is InChI=1S/C22H22ClN5O2/c1-27-18(17(23)14-25-27)21(29)28-10-8-22(9-11-28)19-16(7-12-30-22)13-24-20(26-19)15-5-3-2-4-6-15/h2-6,13-14H,7-12H2,1H3. The number of carbonyl (C=O) groups excluding carboxylic acids is 1. The first-order valence-electron chi connectivity index (χ1n) is 10.1. The zero-order chi connectivity index (χ0) is 20.7. The maximum atomic E-state index is 13.0. The molecule has 1 fully saturated rings. The molecule has 0 saturated carbocycles. The molecule has 1 aromatic carbocycles. The number of amides is 1. The summed E-state index contributed by atoms with van der Waals surface area (Å²) in [5.74, 6) is 0.609. The van der Waals surface area contributed by atoms with E-state index in [1.807, 2.05) is 41.4 Å². The highest BCUT2D eigenvalue weighted by Gasteiger charge is 2.44. The van der Waals surface area contributed by atoms with Crippen LogP contribution in [0.5, 0.6) is 0 Å². The molecule has 2 aliphatic heterocycles.